The Labute approximate surface area is 326 Å². The van der Waals surface area contributed by atoms with Crippen molar-refractivity contribution in [3.63, 3.8) is 0 Å². The van der Waals surface area contributed by atoms with Crippen molar-refractivity contribution >= 4 is 64.3 Å². The minimum atomic E-state index is -2.25. The largest absolute Gasteiger partial charge is 0.463 e. The maximum atomic E-state index is 16.0. The van der Waals surface area contributed by atoms with E-state index in [1.54, 1.807) is 60.6 Å². The summed E-state index contributed by atoms with van der Waals surface area (Å²) in [5.74, 6) is -2.22. The molecule has 0 aliphatic carbocycles. The average molecular weight is 809 g/mol. The number of rotatable bonds is 12. The number of carbonyl (C=O) groups excluding carboxylic acids is 5. The molecule has 0 saturated carbocycles. The molecular weight excluding hydrogens is 763 g/mol. The molecule has 18 nitrogen and oxygen atoms in total. The number of aromatic nitrogens is 4. The summed E-state index contributed by atoms with van der Waals surface area (Å²) >= 11 is 6.27. The molecule has 56 heavy (non-hydrogen) atoms. The summed E-state index contributed by atoms with van der Waals surface area (Å²) in [4.78, 5) is 78.1. The molecule has 3 amide bonds. The predicted octanol–water partition coefficient (Wildman–Crippen LogP) is 5.47. The third-order valence-electron chi connectivity index (χ3n) is 7.90. The van der Waals surface area contributed by atoms with Crippen molar-refractivity contribution in [3.05, 3.63) is 41.4 Å². The van der Waals surface area contributed by atoms with E-state index in [4.69, 9.17) is 40.0 Å². The third kappa shape index (κ3) is 10.2. The van der Waals surface area contributed by atoms with E-state index in [0.717, 1.165) is 17.8 Å². The third-order valence-corrected chi connectivity index (χ3v) is 8.07. The first-order valence-corrected chi connectivity index (χ1v) is 18.0. The number of nitrogens with one attached hydrogen (secondary N) is 1. The zero-order chi connectivity index (χ0) is 41.7. The van der Waals surface area contributed by atoms with Crippen molar-refractivity contribution in [1.82, 2.24) is 19.5 Å². The van der Waals surface area contributed by atoms with Crippen LogP contribution in [0.1, 0.15) is 74.1 Å². The Morgan fingerprint density at radius 3 is 2.09 bits per heavy atom. The van der Waals surface area contributed by atoms with Crippen LogP contribution in [-0.4, -0.2) is 110 Å². The van der Waals surface area contributed by atoms with Gasteiger partial charge in [0.15, 0.2) is 35.2 Å². The number of imide groups is 1. The zero-order valence-corrected chi connectivity index (χ0v) is 33.2. The second kappa shape index (κ2) is 17.4. The van der Waals surface area contributed by atoms with Crippen LogP contribution in [0.25, 0.3) is 11.2 Å². The van der Waals surface area contributed by atoms with Crippen molar-refractivity contribution in [2.75, 3.05) is 30.0 Å². The van der Waals surface area contributed by atoms with E-state index in [1.807, 2.05) is 0 Å². The number of hydrogen-bond donors (Lipinski definition) is 2. The second-order valence-corrected chi connectivity index (χ2v) is 14.9. The molecule has 1 saturated heterocycles. The zero-order valence-electron chi connectivity index (χ0n) is 32.5. The Morgan fingerprint density at radius 2 is 1.55 bits per heavy atom. The average Bonchev–Trinajstić information content (AvgIpc) is 3.61. The van der Waals surface area contributed by atoms with Crippen LogP contribution >= 0.6 is 11.6 Å². The number of esters is 1. The lowest BCUT2D eigenvalue weighted by Crippen LogP contribution is -2.52. The highest BCUT2D eigenvalue weighted by Crippen LogP contribution is 2.37. The Kier molecular flexibility index (Phi) is 13.6. The van der Waals surface area contributed by atoms with E-state index >= 15 is 4.39 Å². The van der Waals surface area contributed by atoms with Gasteiger partial charge in [-0.05, 0) is 91.6 Å². The van der Waals surface area contributed by atoms with E-state index in [2.05, 4.69) is 20.3 Å². The molecule has 0 radical (unpaired) electrons. The quantitative estimate of drug-likeness (QED) is 0.100. The minimum absolute atomic E-state index is 0.101. The van der Waals surface area contributed by atoms with Gasteiger partial charge < -0.3 is 33.5 Å². The molecule has 0 bridgehead atoms. The maximum absolute atomic E-state index is 16.0. The normalized spacial score (nSPS) is 19.5. The van der Waals surface area contributed by atoms with Crippen molar-refractivity contribution < 1.29 is 61.9 Å². The van der Waals surface area contributed by atoms with Crippen molar-refractivity contribution in [2.45, 2.75) is 110 Å². The van der Waals surface area contributed by atoms with Gasteiger partial charge in [0, 0.05) is 12.1 Å². The molecule has 1 aromatic carbocycles. The van der Waals surface area contributed by atoms with Crippen LogP contribution in [0, 0.1) is 0 Å². The lowest BCUT2D eigenvalue weighted by atomic mass is 9.90. The molecule has 2 aromatic heterocycles. The van der Waals surface area contributed by atoms with Gasteiger partial charge in [0.1, 0.15) is 23.4 Å². The number of hydrogen-bond acceptors (Lipinski definition) is 15. The lowest BCUT2D eigenvalue weighted by Gasteiger charge is -2.30. The molecule has 2 N–H and O–H groups in total. The number of ketones is 1. The van der Waals surface area contributed by atoms with Crippen LogP contribution in [0.3, 0.4) is 0 Å². The van der Waals surface area contributed by atoms with Crippen molar-refractivity contribution in [3.8, 4) is 0 Å². The monoisotopic (exact) mass is 808 g/mol. The molecular formula is C36H46ClFN6O12. The van der Waals surface area contributed by atoms with E-state index < -0.39 is 89.2 Å². The van der Waals surface area contributed by atoms with Gasteiger partial charge in [-0.3, -0.25) is 14.7 Å². The number of amides is 3. The van der Waals surface area contributed by atoms with Gasteiger partial charge in [-0.1, -0.05) is 12.1 Å². The van der Waals surface area contributed by atoms with Gasteiger partial charge in [-0.2, -0.15) is 14.9 Å². The molecule has 1 fully saturated rings. The number of halogens is 2. The molecule has 3 heterocycles. The highest BCUT2D eigenvalue weighted by molar-refractivity contribution is 6.29. The van der Waals surface area contributed by atoms with Gasteiger partial charge in [0.25, 0.3) is 0 Å². The number of imidazole rings is 1. The van der Waals surface area contributed by atoms with Crippen molar-refractivity contribution in [2.24, 2.45) is 0 Å². The predicted molar refractivity (Wildman–Crippen MR) is 197 cm³/mol. The van der Waals surface area contributed by atoms with E-state index in [0.29, 0.717) is 16.2 Å². The standard InChI is InChI=1S/C36H46ClFN6O12/c1-10-51-29(47)36(19(3)45,16-20-12-14-21(15-13-20)40-31(48)52-11-2)53-17-22-25(46)23(38)28(54-22)43-18-39-24-26(43)41-30(37)42-27(24)44(32(49)55-34(4,5)6)33(50)56-35(7,8)9/h12-15,18,22-23,25,28,46H,10-11,16-17H2,1-9H3,(H,40,48)/t22-,23+,25-,28-,36?/m1/s1. The molecule has 20 heteroatoms. The van der Waals surface area contributed by atoms with Crippen LogP contribution < -0.4 is 10.2 Å². The summed E-state index contributed by atoms with van der Waals surface area (Å²) in [5, 5.41) is 13.1. The van der Waals surface area contributed by atoms with Crippen LogP contribution in [0.5, 0.6) is 0 Å². The minimum Gasteiger partial charge on any atom is -0.463 e. The number of alkyl halides is 1. The number of ether oxygens (including phenoxy) is 6. The fourth-order valence-corrected chi connectivity index (χ4v) is 5.61. The highest BCUT2D eigenvalue weighted by Gasteiger charge is 2.51. The van der Waals surface area contributed by atoms with Gasteiger partial charge in [0.2, 0.25) is 10.9 Å². The smallest absolute Gasteiger partial charge is 0.425 e. The summed E-state index contributed by atoms with van der Waals surface area (Å²) in [6.45, 7) is 13.2. The molecule has 5 atom stereocenters. The number of anilines is 2. The van der Waals surface area contributed by atoms with Gasteiger partial charge in [-0.25, -0.2) is 28.6 Å². The second-order valence-electron chi connectivity index (χ2n) is 14.6. The summed E-state index contributed by atoms with van der Waals surface area (Å²) in [5.41, 5.74) is -3.96. The Morgan fingerprint density at radius 1 is 0.964 bits per heavy atom. The molecule has 1 aliphatic heterocycles. The summed E-state index contributed by atoms with van der Waals surface area (Å²) in [6.07, 6.45) is -9.42. The summed E-state index contributed by atoms with van der Waals surface area (Å²) < 4.78 is 49.9. The van der Waals surface area contributed by atoms with Crippen LogP contribution in [0.2, 0.25) is 5.28 Å². The molecule has 1 aliphatic rings. The van der Waals surface area contributed by atoms with E-state index in [-0.39, 0.29) is 30.8 Å². The summed E-state index contributed by atoms with van der Waals surface area (Å²) in [6, 6.07) is 6.16. The highest BCUT2D eigenvalue weighted by atomic mass is 35.5. The van der Waals surface area contributed by atoms with Gasteiger partial charge in [-0.15, -0.1) is 0 Å². The van der Waals surface area contributed by atoms with E-state index in [9.17, 15) is 29.1 Å². The number of aliphatic hydroxyl groups is 1. The number of nitrogens with zero attached hydrogens (tertiary/aromatic N) is 5. The molecule has 3 aromatic rings. The van der Waals surface area contributed by atoms with Crippen LogP contribution in [0.15, 0.2) is 30.6 Å². The van der Waals surface area contributed by atoms with Gasteiger partial charge in [0.05, 0.1) is 26.1 Å². The molecule has 1 unspecified atom stereocenters. The van der Waals surface area contributed by atoms with Crippen LogP contribution in [0.4, 0.5) is 30.3 Å². The first-order chi connectivity index (χ1) is 26.1. The lowest BCUT2D eigenvalue weighted by molar-refractivity contribution is -0.183. The molecule has 4 rings (SSSR count). The van der Waals surface area contributed by atoms with Gasteiger partial charge >= 0.3 is 24.2 Å². The number of carbonyl (C=O) groups is 5. The number of aliphatic hydroxyl groups excluding tert-OH is 1. The fraction of sp³-hybridized carbons (Fsp3) is 0.556. The Balaban J connectivity index is 1.65. The van der Waals surface area contributed by atoms with Crippen molar-refractivity contribution in [1.29, 1.82) is 0 Å². The molecule has 306 valence electrons. The Hall–Kier alpha value is -4.98. The fourth-order valence-electron chi connectivity index (χ4n) is 5.45. The number of benzene rings is 1. The number of fused-ring (bicyclic) bond motifs is 1. The first-order valence-electron chi connectivity index (χ1n) is 17.6. The topological polar surface area (TPSA) is 220 Å². The summed E-state index contributed by atoms with van der Waals surface area (Å²) in [7, 11) is 0. The Bertz CT molecular complexity index is 1900. The number of Topliss-reactive ketones (excluding diaryl/α,β-unsaturated/α-hetero) is 1. The van der Waals surface area contributed by atoms with Crippen LogP contribution in [-0.2, 0) is 44.4 Å². The SMILES string of the molecule is CCOC(=O)Nc1ccc(CC(OC[C@H]2O[C@@H](n3cnc4c(N(C(=O)OC(C)(C)C)C(=O)OC(C)(C)C)nc(Cl)nc43)[C@@H](F)[C@@H]2O)(C(C)=O)C(=O)OCC)cc1. The first kappa shape index (κ1) is 43.7. The molecule has 0 spiro atoms. The van der Waals surface area contributed by atoms with E-state index in [1.165, 1.54) is 19.1 Å². The maximum Gasteiger partial charge on any atom is 0.425 e.